The summed E-state index contributed by atoms with van der Waals surface area (Å²) in [5, 5.41) is 18.1. The minimum Gasteiger partial charge on any atom is -0.334 e. The first-order valence-electron chi connectivity index (χ1n) is 7.48. The number of carbonyl (C=O) groups excluding carboxylic acids is 1. The Morgan fingerprint density at radius 2 is 1.89 bits per heavy atom. The Morgan fingerprint density at radius 3 is 2.52 bits per heavy atom. The molecule has 0 aliphatic carbocycles. The number of alkyl halides is 3. The highest BCUT2D eigenvalue weighted by Crippen LogP contribution is 2.32. The average Bonchev–Trinajstić information content (AvgIpc) is 3.09. The highest BCUT2D eigenvalue weighted by Gasteiger charge is 2.29. The fraction of sp³-hybridized carbons (Fsp3) is 0.125. The minimum absolute atomic E-state index is 0.0159. The molecule has 11 heteroatoms. The van der Waals surface area contributed by atoms with E-state index in [0.717, 1.165) is 23.7 Å². The number of anilines is 1. The average molecular weight is 396 g/mol. The van der Waals surface area contributed by atoms with E-state index in [4.69, 9.17) is 0 Å². The highest BCUT2D eigenvalue weighted by atomic mass is 32.1. The summed E-state index contributed by atoms with van der Waals surface area (Å²) < 4.78 is 41.6. The van der Waals surface area contributed by atoms with E-state index in [9.17, 15) is 28.1 Å². The normalized spacial score (nSPS) is 11.4. The van der Waals surface area contributed by atoms with Gasteiger partial charge in [0.1, 0.15) is 0 Å². The van der Waals surface area contributed by atoms with Gasteiger partial charge in [0, 0.05) is 23.4 Å². The second-order valence-electron chi connectivity index (χ2n) is 5.47. The number of amides is 2. The van der Waals surface area contributed by atoms with Gasteiger partial charge in [-0.2, -0.15) is 17.5 Å². The van der Waals surface area contributed by atoms with E-state index in [2.05, 4.69) is 15.0 Å². The Labute approximate surface area is 154 Å². The predicted octanol–water partition coefficient (Wildman–Crippen LogP) is 4.55. The summed E-state index contributed by atoms with van der Waals surface area (Å²) in [6.07, 6.45) is -4.42. The van der Waals surface area contributed by atoms with Gasteiger partial charge in [-0.1, -0.05) is 12.1 Å². The predicted molar refractivity (Wildman–Crippen MR) is 93.6 cm³/mol. The summed E-state index contributed by atoms with van der Waals surface area (Å²) in [5.74, 6) is 0. The standard InChI is InChI=1S/C16H11F3N4O3S/c17-16(18,19)10-3-1-9(2-4-10)7-20-15(24)21-12-5-6-13(23(25)26)14-11(12)8-27-22-14/h1-6,8H,7H2,(H2,20,21,24). The molecule has 1 heterocycles. The number of non-ortho nitro benzene ring substituents is 1. The van der Waals surface area contributed by atoms with E-state index in [0.29, 0.717) is 16.6 Å². The second-order valence-corrected chi connectivity index (χ2v) is 6.10. The molecule has 3 aromatic rings. The molecule has 0 aliphatic heterocycles. The summed E-state index contributed by atoms with van der Waals surface area (Å²) in [6, 6.07) is 6.46. The Morgan fingerprint density at radius 1 is 1.19 bits per heavy atom. The number of hydrogen-bond donors (Lipinski definition) is 2. The molecule has 0 atom stereocenters. The van der Waals surface area contributed by atoms with Crippen LogP contribution in [0.2, 0.25) is 0 Å². The molecular formula is C16H11F3N4O3S. The molecule has 2 N–H and O–H groups in total. The topological polar surface area (TPSA) is 97.2 Å². The number of halogens is 3. The molecule has 0 saturated heterocycles. The van der Waals surface area contributed by atoms with Crippen LogP contribution in [0.15, 0.2) is 41.8 Å². The molecule has 3 rings (SSSR count). The zero-order valence-corrected chi connectivity index (χ0v) is 14.2. The quantitative estimate of drug-likeness (QED) is 0.500. The van der Waals surface area contributed by atoms with Crippen molar-refractivity contribution in [2.75, 3.05) is 5.32 Å². The molecule has 1 aromatic heterocycles. The van der Waals surface area contributed by atoms with Crippen molar-refractivity contribution in [3.05, 3.63) is 63.0 Å². The maximum Gasteiger partial charge on any atom is 0.416 e. The summed E-state index contributed by atoms with van der Waals surface area (Å²) >= 11 is 1.02. The van der Waals surface area contributed by atoms with Gasteiger partial charge in [-0.25, -0.2) is 4.79 Å². The van der Waals surface area contributed by atoms with Gasteiger partial charge in [0.25, 0.3) is 5.69 Å². The largest absolute Gasteiger partial charge is 0.416 e. The molecule has 2 amide bonds. The molecule has 27 heavy (non-hydrogen) atoms. The number of rotatable bonds is 4. The van der Waals surface area contributed by atoms with Crippen LogP contribution in [0.4, 0.5) is 29.3 Å². The third kappa shape index (κ3) is 4.14. The zero-order chi connectivity index (χ0) is 19.6. The van der Waals surface area contributed by atoms with Gasteiger partial charge in [-0.15, -0.1) is 0 Å². The summed E-state index contributed by atoms with van der Waals surface area (Å²) in [7, 11) is 0. The number of fused-ring (bicyclic) bond motifs is 1. The lowest BCUT2D eigenvalue weighted by Gasteiger charge is -2.10. The van der Waals surface area contributed by atoms with Gasteiger partial charge in [0.2, 0.25) is 0 Å². The molecular weight excluding hydrogens is 385 g/mol. The van der Waals surface area contributed by atoms with Crippen LogP contribution in [0.25, 0.3) is 10.9 Å². The van der Waals surface area contributed by atoms with Gasteiger partial charge >= 0.3 is 12.2 Å². The van der Waals surface area contributed by atoms with Crippen LogP contribution in [0, 0.1) is 10.1 Å². The molecule has 0 unspecified atom stereocenters. The summed E-state index contributed by atoms with van der Waals surface area (Å²) in [5.41, 5.74) is 0.0694. The molecule has 0 spiro atoms. The third-order valence-corrected chi connectivity index (χ3v) is 4.32. The lowest BCUT2D eigenvalue weighted by Crippen LogP contribution is -2.28. The fourth-order valence-electron chi connectivity index (χ4n) is 2.36. The van der Waals surface area contributed by atoms with E-state index < -0.39 is 22.7 Å². The van der Waals surface area contributed by atoms with E-state index in [1.165, 1.54) is 24.3 Å². The van der Waals surface area contributed by atoms with Crippen LogP contribution >= 0.6 is 11.5 Å². The smallest absolute Gasteiger partial charge is 0.334 e. The summed E-state index contributed by atoms with van der Waals surface area (Å²) in [4.78, 5) is 22.5. The van der Waals surface area contributed by atoms with Crippen LogP contribution in [0.3, 0.4) is 0 Å². The first-order valence-corrected chi connectivity index (χ1v) is 8.32. The lowest BCUT2D eigenvalue weighted by atomic mass is 10.1. The number of nitro groups is 1. The number of nitrogens with zero attached hydrogens (tertiary/aromatic N) is 2. The first-order chi connectivity index (χ1) is 12.8. The van der Waals surface area contributed by atoms with Crippen molar-refractivity contribution in [3.63, 3.8) is 0 Å². The second kappa shape index (κ2) is 7.19. The van der Waals surface area contributed by atoms with E-state index in [1.807, 2.05) is 0 Å². The van der Waals surface area contributed by atoms with E-state index in [-0.39, 0.29) is 17.7 Å². The van der Waals surface area contributed by atoms with Gasteiger partial charge < -0.3 is 10.6 Å². The number of nitro benzene ring substituents is 1. The fourth-order valence-corrected chi connectivity index (χ4v) is 3.05. The van der Waals surface area contributed by atoms with Crippen LogP contribution in [0.5, 0.6) is 0 Å². The molecule has 2 aromatic carbocycles. The number of benzene rings is 2. The lowest BCUT2D eigenvalue weighted by molar-refractivity contribution is -0.383. The van der Waals surface area contributed by atoms with Gasteiger partial charge in [-0.3, -0.25) is 10.1 Å². The van der Waals surface area contributed by atoms with Crippen molar-refractivity contribution >= 4 is 39.8 Å². The third-order valence-electron chi connectivity index (χ3n) is 3.69. The number of carbonyl (C=O) groups is 1. The Hall–Kier alpha value is -3.21. The van der Waals surface area contributed by atoms with Gasteiger partial charge in [0.05, 0.1) is 16.2 Å². The van der Waals surface area contributed by atoms with Crippen molar-refractivity contribution in [3.8, 4) is 0 Å². The van der Waals surface area contributed by atoms with Crippen LogP contribution in [0.1, 0.15) is 11.1 Å². The van der Waals surface area contributed by atoms with Gasteiger partial charge in [-0.05, 0) is 35.3 Å². The van der Waals surface area contributed by atoms with Gasteiger partial charge in [0.15, 0.2) is 5.52 Å². The Bertz CT molecular complexity index is 1000. The maximum atomic E-state index is 12.5. The monoisotopic (exact) mass is 396 g/mol. The van der Waals surface area contributed by atoms with Crippen LogP contribution in [-0.2, 0) is 12.7 Å². The van der Waals surface area contributed by atoms with Crippen LogP contribution in [-0.4, -0.2) is 15.3 Å². The van der Waals surface area contributed by atoms with Crippen molar-refractivity contribution in [2.45, 2.75) is 12.7 Å². The number of nitrogens with one attached hydrogen (secondary N) is 2. The number of hydrogen-bond acceptors (Lipinski definition) is 5. The first kappa shape index (κ1) is 18.6. The molecule has 0 radical (unpaired) electrons. The Kier molecular flexibility index (Phi) is 4.95. The van der Waals surface area contributed by atoms with Crippen molar-refractivity contribution in [2.24, 2.45) is 0 Å². The number of urea groups is 1. The van der Waals surface area contributed by atoms with Crippen molar-refractivity contribution in [1.82, 2.24) is 9.69 Å². The van der Waals surface area contributed by atoms with Crippen molar-refractivity contribution in [1.29, 1.82) is 0 Å². The number of aromatic nitrogens is 1. The maximum absolute atomic E-state index is 12.5. The molecule has 0 aliphatic rings. The molecule has 7 nitrogen and oxygen atoms in total. The molecule has 0 bridgehead atoms. The summed E-state index contributed by atoms with van der Waals surface area (Å²) in [6.45, 7) is 0.0159. The molecule has 0 saturated carbocycles. The highest BCUT2D eigenvalue weighted by molar-refractivity contribution is 7.05. The Balaban J connectivity index is 1.66. The molecule has 0 fully saturated rings. The van der Waals surface area contributed by atoms with E-state index in [1.54, 1.807) is 5.38 Å². The minimum atomic E-state index is -4.42. The van der Waals surface area contributed by atoms with Crippen molar-refractivity contribution < 1.29 is 22.9 Å². The van der Waals surface area contributed by atoms with E-state index >= 15 is 0 Å². The SMILES string of the molecule is O=C(NCc1ccc(C(F)(F)F)cc1)Nc1ccc([N+](=O)[O-])c2nscc12. The zero-order valence-electron chi connectivity index (χ0n) is 13.4. The van der Waals surface area contributed by atoms with Crippen LogP contribution < -0.4 is 10.6 Å². The molecule has 140 valence electrons.